The molecule has 0 bridgehead atoms. The van der Waals surface area contributed by atoms with Gasteiger partial charge in [0.05, 0.1) is 12.9 Å². The molecule has 9 heteroatoms. The zero-order chi connectivity index (χ0) is 24.6. The van der Waals surface area contributed by atoms with Gasteiger partial charge < -0.3 is 25.7 Å². The Kier molecular flexibility index (Phi) is 12.4. The van der Waals surface area contributed by atoms with Crippen LogP contribution in [0.2, 0.25) is 0 Å². The average Bonchev–Trinajstić information content (AvgIpc) is 2.90. The molecule has 3 N–H and O–H groups in total. The predicted molar refractivity (Wildman–Crippen MR) is 141 cm³/mol. The number of oxime groups is 1. The topological polar surface area (TPSA) is 108 Å². The lowest BCUT2D eigenvalue weighted by molar-refractivity contribution is 0.181. The van der Waals surface area contributed by atoms with Crippen molar-refractivity contribution in [3.63, 3.8) is 0 Å². The number of hydrogen-bond donors (Lipinski definition) is 2. The predicted octanol–water partition coefficient (Wildman–Crippen LogP) is 4.05. The van der Waals surface area contributed by atoms with Crippen LogP contribution in [0.1, 0.15) is 50.0 Å². The van der Waals surface area contributed by atoms with Gasteiger partial charge in [0, 0.05) is 38.3 Å². The van der Waals surface area contributed by atoms with Gasteiger partial charge in [0.25, 0.3) is 0 Å². The van der Waals surface area contributed by atoms with Crippen molar-refractivity contribution in [1.82, 2.24) is 9.80 Å². The normalized spacial score (nSPS) is 17.5. The van der Waals surface area contributed by atoms with Crippen molar-refractivity contribution in [2.24, 2.45) is 20.9 Å². The van der Waals surface area contributed by atoms with Crippen LogP contribution in [-0.4, -0.2) is 74.2 Å². The number of nitrogens with two attached hydrogens (primary N) is 1. The zero-order valence-corrected chi connectivity index (χ0v) is 20.4. The molecular weight excluding hydrogens is 430 g/mol. The van der Waals surface area contributed by atoms with Gasteiger partial charge in [0.1, 0.15) is 19.3 Å². The van der Waals surface area contributed by atoms with Crippen LogP contribution in [0, 0.1) is 0 Å². The molecule has 34 heavy (non-hydrogen) atoms. The van der Waals surface area contributed by atoms with Crippen LogP contribution in [0.15, 0.2) is 52.6 Å². The summed E-state index contributed by atoms with van der Waals surface area (Å²) < 4.78 is 0. The monoisotopic (exact) mass is 469 g/mol. The number of anilines is 1. The number of carbonyl (C=O) groups excluding carboxylic acids is 1. The fourth-order valence-corrected chi connectivity index (χ4v) is 4.26. The number of hydrogen-bond acceptors (Lipinski definition) is 5. The smallest absolute Gasteiger partial charge is 0.321 e. The number of urea groups is 1. The van der Waals surface area contributed by atoms with Crippen molar-refractivity contribution in [2.45, 2.75) is 44.4 Å². The minimum Gasteiger partial charge on any atom is -0.399 e. The van der Waals surface area contributed by atoms with Gasteiger partial charge >= 0.3 is 6.03 Å². The van der Waals surface area contributed by atoms with Crippen LogP contribution in [0.4, 0.5) is 10.5 Å². The van der Waals surface area contributed by atoms with E-state index in [9.17, 15) is 4.79 Å². The molecule has 1 aromatic rings. The molecule has 186 valence electrons. The summed E-state index contributed by atoms with van der Waals surface area (Å²) in [5.74, 6) is 1.49. The number of amidine groups is 1. The highest BCUT2D eigenvalue weighted by Crippen LogP contribution is 2.33. The Labute approximate surface area is 203 Å². The van der Waals surface area contributed by atoms with Crippen molar-refractivity contribution in [3.8, 4) is 0 Å². The molecule has 2 fully saturated rings. The molecule has 0 unspecified atom stereocenters. The van der Waals surface area contributed by atoms with Gasteiger partial charge in [-0.05, 0) is 36.5 Å². The summed E-state index contributed by atoms with van der Waals surface area (Å²) in [5, 5.41) is 6.82. The third-order valence-corrected chi connectivity index (χ3v) is 6.02. The first-order valence-corrected chi connectivity index (χ1v) is 11.9. The Bertz CT molecular complexity index is 809. The molecular formula is C25H39N7O2. The van der Waals surface area contributed by atoms with Crippen LogP contribution in [0.5, 0.6) is 0 Å². The molecule has 2 amide bonds. The summed E-state index contributed by atoms with van der Waals surface area (Å²) in [6, 6.07) is 8.30. The van der Waals surface area contributed by atoms with Gasteiger partial charge in [-0.15, -0.1) is 13.2 Å². The largest absolute Gasteiger partial charge is 0.399 e. The number of benzene rings is 1. The number of nitrogens with one attached hydrogen (secondary N) is 1. The van der Waals surface area contributed by atoms with Crippen molar-refractivity contribution in [1.29, 1.82) is 0 Å². The average molecular weight is 470 g/mol. The Morgan fingerprint density at radius 1 is 1.12 bits per heavy atom. The highest BCUT2D eigenvalue weighted by Gasteiger charge is 2.23. The highest BCUT2D eigenvalue weighted by molar-refractivity contribution is 5.97. The first-order chi connectivity index (χ1) is 16.7. The Morgan fingerprint density at radius 2 is 1.76 bits per heavy atom. The van der Waals surface area contributed by atoms with Crippen LogP contribution in [0.3, 0.4) is 0 Å². The van der Waals surface area contributed by atoms with E-state index in [-0.39, 0.29) is 12.7 Å². The van der Waals surface area contributed by atoms with E-state index in [4.69, 9.17) is 10.6 Å². The maximum Gasteiger partial charge on any atom is 0.321 e. The van der Waals surface area contributed by atoms with Gasteiger partial charge in [-0.2, -0.15) is 0 Å². The van der Waals surface area contributed by atoms with E-state index < -0.39 is 0 Å². The first-order valence-electron chi connectivity index (χ1n) is 11.9. The Hall–Kier alpha value is -3.20. The van der Waals surface area contributed by atoms with E-state index in [0.717, 1.165) is 11.5 Å². The fraction of sp³-hybridized carbons (Fsp3) is 0.520. The maximum absolute atomic E-state index is 12.7. The number of piperazine rings is 1. The van der Waals surface area contributed by atoms with Crippen molar-refractivity contribution in [3.05, 3.63) is 43.0 Å². The molecule has 9 nitrogen and oxygen atoms in total. The molecule has 1 aliphatic carbocycles. The van der Waals surface area contributed by atoms with Crippen LogP contribution < -0.4 is 11.1 Å². The van der Waals surface area contributed by atoms with E-state index in [2.05, 4.69) is 50.6 Å². The molecule has 0 radical (unpaired) electrons. The number of carbonyl (C=O) groups is 1. The molecule has 1 saturated heterocycles. The lowest BCUT2D eigenvalue weighted by Crippen LogP contribution is -2.51. The molecule has 0 spiro atoms. The summed E-state index contributed by atoms with van der Waals surface area (Å²) in [7, 11) is 1.50. The minimum atomic E-state index is -0.0702. The standard InChI is InChI=1S/C23H35N7O2.C2H4/c1-32-27-12-11-22(26-18-25-17-24)29-13-15-30(16-14-29)23(31)28-21-9-7-20(8-10-21)19-5-3-2-4-6-19;1-2/h7-10,12,18-19H,2-6,11,13-17,24H2,1H3,(H,28,31);1-2H2/b25-18-,26-22?,27-12+;. The van der Waals surface area contributed by atoms with E-state index in [0.29, 0.717) is 38.5 Å². The molecule has 0 aromatic heterocycles. The van der Waals surface area contributed by atoms with Crippen LogP contribution in [-0.2, 0) is 4.84 Å². The van der Waals surface area contributed by atoms with Crippen LogP contribution in [0.25, 0.3) is 0 Å². The number of aliphatic imine (C=N–C) groups is 2. The van der Waals surface area contributed by atoms with Crippen molar-refractivity contribution in [2.75, 3.05) is 45.3 Å². The minimum absolute atomic E-state index is 0.0702. The highest BCUT2D eigenvalue weighted by atomic mass is 16.6. The number of rotatable bonds is 7. The summed E-state index contributed by atoms with van der Waals surface area (Å²) in [6.07, 6.45) is 10.2. The second-order valence-corrected chi connectivity index (χ2v) is 8.06. The third-order valence-electron chi connectivity index (χ3n) is 6.02. The second kappa shape index (κ2) is 15.6. The van der Waals surface area contributed by atoms with Gasteiger partial charge in [0.15, 0.2) is 0 Å². The lowest BCUT2D eigenvalue weighted by Gasteiger charge is -2.36. The Balaban J connectivity index is 0.00000199. The molecule has 3 rings (SSSR count). The summed E-state index contributed by atoms with van der Waals surface area (Å²) in [5.41, 5.74) is 7.63. The molecule has 1 saturated carbocycles. The number of amides is 2. The molecule has 1 aliphatic heterocycles. The van der Waals surface area contributed by atoms with Gasteiger partial charge in [-0.1, -0.05) is 36.6 Å². The first kappa shape index (κ1) is 27.0. The van der Waals surface area contributed by atoms with Gasteiger partial charge in [-0.25, -0.2) is 9.79 Å². The fourth-order valence-electron chi connectivity index (χ4n) is 4.26. The quantitative estimate of drug-likeness (QED) is 0.272. The van der Waals surface area contributed by atoms with Crippen molar-refractivity contribution < 1.29 is 9.63 Å². The third kappa shape index (κ3) is 8.62. The van der Waals surface area contributed by atoms with Gasteiger partial charge in [0.2, 0.25) is 0 Å². The molecule has 1 aromatic carbocycles. The number of nitrogens with zero attached hydrogens (tertiary/aromatic N) is 5. The lowest BCUT2D eigenvalue weighted by atomic mass is 9.84. The van der Waals surface area contributed by atoms with Crippen LogP contribution >= 0.6 is 0 Å². The molecule has 1 heterocycles. The molecule has 2 aliphatic rings. The van der Waals surface area contributed by atoms with E-state index in [1.165, 1.54) is 51.1 Å². The van der Waals surface area contributed by atoms with E-state index in [1.807, 2.05) is 17.0 Å². The second-order valence-electron chi connectivity index (χ2n) is 8.06. The van der Waals surface area contributed by atoms with E-state index in [1.54, 1.807) is 6.21 Å². The van der Waals surface area contributed by atoms with Crippen molar-refractivity contribution >= 4 is 30.1 Å². The summed E-state index contributed by atoms with van der Waals surface area (Å²) in [6.45, 7) is 8.79. The zero-order valence-electron chi connectivity index (χ0n) is 20.4. The van der Waals surface area contributed by atoms with Gasteiger partial charge in [-0.3, -0.25) is 4.99 Å². The summed E-state index contributed by atoms with van der Waals surface area (Å²) in [4.78, 5) is 29.8. The summed E-state index contributed by atoms with van der Waals surface area (Å²) >= 11 is 0. The maximum atomic E-state index is 12.7. The SMILES string of the molecule is C=C.CO/N=C/CC(=N/C=N\CN)N1CCN(C(=O)Nc2ccc(C3CCCCC3)cc2)CC1. The Morgan fingerprint density at radius 3 is 2.38 bits per heavy atom. The van der Waals surface area contributed by atoms with E-state index >= 15 is 0 Å². The molecule has 0 atom stereocenters.